The second-order valence-corrected chi connectivity index (χ2v) is 5.89. The molecule has 2 aromatic carbocycles. The van der Waals surface area contributed by atoms with Gasteiger partial charge in [0.2, 0.25) is 0 Å². The molecule has 0 radical (unpaired) electrons. The summed E-state index contributed by atoms with van der Waals surface area (Å²) in [6.07, 6.45) is 1.47. The smallest absolute Gasteiger partial charge is 0.311 e. The first-order valence-electron chi connectivity index (χ1n) is 8.34. The second-order valence-electron chi connectivity index (χ2n) is 5.89. The highest BCUT2D eigenvalue weighted by Gasteiger charge is 2.20. The first-order valence-corrected chi connectivity index (χ1v) is 8.34. The molecule has 0 saturated heterocycles. The van der Waals surface area contributed by atoms with Crippen LogP contribution >= 0.6 is 0 Å². The van der Waals surface area contributed by atoms with Gasteiger partial charge in [0.25, 0.3) is 0 Å². The van der Waals surface area contributed by atoms with E-state index in [1.807, 2.05) is 6.92 Å². The van der Waals surface area contributed by atoms with Gasteiger partial charge in [-0.2, -0.15) is 4.98 Å². The molecule has 0 bridgehead atoms. The fraction of sp³-hybridized carbons (Fsp3) is 0.105. The molecule has 0 aliphatic carbocycles. The van der Waals surface area contributed by atoms with Gasteiger partial charge in [-0.25, -0.2) is 22.7 Å². The predicted octanol–water partition coefficient (Wildman–Crippen LogP) is 3.81. The van der Waals surface area contributed by atoms with Gasteiger partial charge in [-0.3, -0.25) is 4.79 Å². The van der Waals surface area contributed by atoms with Crippen molar-refractivity contribution in [2.45, 2.75) is 13.5 Å². The second kappa shape index (κ2) is 6.84. The summed E-state index contributed by atoms with van der Waals surface area (Å²) in [5.41, 5.74) is 0.189. The van der Waals surface area contributed by atoms with E-state index in [1.54, 1.807) is 4.57 Å². The highest BCUT2D eigenvalue weighted by atomic mass is 19.1. The number of ether oxygens (including phenoxy) is 1. The van der Waals surface area contributed by atoms with E-state index in [1.165, 1.54) is 35.2 Å². The first kappa shape index (κ1) is 17.8. The predicted molar refractivity (Wildman–Crippen MR) is 95.2 cm³/mol. The molecule has 4 rings (SSSR count). The van der Waals surface area contributed by atoms with Crippen LogP contribution in [0.15, 0.2) is 53.6 Å². The Morgan fingerprint density at radius 2 is 1.75 bits per heavy atom. The maximum atomic E-state index is 14.1. The van der Waals surface area contributed by atoms with Crippen LogP contribution in [-0.4, -0.2) is 19.1 Å². The number of hydrogen-bond acceptors (Lipinski definition) is 4. The van der Waals surface area contributed by atoms with E-state index in [9.17, 15) is 18.0 Å². The lowest BCUT2D eigenvalue weighted by atomic mass is 10.3. The summed E-state index contributed by atoms with van der Waals surface area (Å²) in [5, 5.41) is 0. The van der Waals surface area contributed by atoms with Crippen molar-refractivity contribution >= 4 is 11.2 Å². The average molecular weight is 386 g/mol. The summed E-state index contributed by atoms with van der Waals surface area (Å²) in [5.74, 6) is -2.49. The Hall–Kier alpha value is -3.62. The van der Waals surface area contributed by atoms with E-state index in [0.717, 1.165) is 12.1 Å². The third-order valence-electron chi connectivity index (χ3n) is 4.13. The van der Waals surface area contributed by atoms with E-state index >= 15 is 0 Å². The van der Waals surface area contributed by atoms with Gasteiger partial charge in [-0.15, -0.1) is 0 Å². The zero-order valence-corrected chi connectivity index (χ0v) is 14.6. The van der Waals surface area contributed by atoms with Gasteiger partial charge in [0.1, 0.15) is 11.6 Å². The highest BCUT2D eigenvalue weighted by Crippen LogP contribution is 2.28. The van der Waals surface area contributed by atoms with Crippen LogP contribution in [-0.2, 0) is 6.54 Å². The van der Waals surface area contributed by atoms with Gasteiger partial charge >= 0.3 is 11.6 Å². The Balaban J connectivity index is 2.00. The summed E-state index contributed by atoms with van der Waals surface area (Å²) in [6.45, 7) is 2.33. The van der Waals surface area contributed by atoms with Crippen LogP contribution in [0.2, 0.25) is 0 Å². The van der Waals surface area contributed by atoms with Gasteiger partial charge in [0.05, 0.1) is 12.0 Å². The van der Waals surface area contributed by atoms with Crippen molar-refractivity contribution in [3.63, 3.8) is 0 Å². The van der Waals surface area contributed by atoms with Crippen LogP contribution in [0.3, 0.4) is 0 Å². The van der Waals surface area contributed by atoms with Gasteiger partial charge in [-0.05, 0) is 43.3 Å². The molecular formula is C19H13F3N4O2. The SMILES string of the molecule is CCn1cnc2c(=O)nc(Oc3ccc(F)cc3F)n(-c3ccc(F)cc3)c21. The Morgan fingerprint density at radius 1 is 1.04 bits per heavy atom. The van der Waals surface area contributed by atoms with E-state index < -0.39 is 23.0 Å². The van der Waals surface area contributed by atoms with Crippen molar-refractivity contribution in [1.29, 1.82) is 0 Å². The zero-order valence-electron chi connectivity index (χ0n) is 14.6. The van der Waals surface area contributed by atoms with Crippen LogP contribution < -0.4 is 10.3 Å². The standard InChI is InChI=1S/C19H13F3N4O2/c1-2-25-10-23-16-17(27)24-19(28-15-8-5-12(21)9-14(15)22)26(18(16)25)13-6-3-11(20)4-7-13/h3-10H,2H2,1H3. The summed E-state index contributed by atoms with van der Waals surface area (Å²) in [7, 11) is 0. The zero-order chi connectivity index (χ0) is 19.8. The summed E-state index contributed by atoms with van der Waals surface area (Å²) < 4.78 is 49.3. The summed E-state index contributed by atoms with van der Waals surface area (Å²) in [6, 6.07) is 7.89. The van der Waals surface area contributed by atoms with Gasteiger partial charge < -0.3 is 9.30 Å². The van der Waals surface area contributed by atoms with Crippen molar-refractivity contribution < 1.29 is 17.9 Å². The largest absolute Gasteiger partial charge is 0.422 e. The number of halogens is 3. The minimum atomic E-state index is -0.955. The molecule has 0 saturated carbocycles. The van der Waals surface area contributed by atoms with E-state index in [0.29, 0.717) is 23.9 Å². The normalized spacial score (nSPS) is 11.1. The van der Waals surface area contributed by atoms with Crippen LogP contribution in [0, 0.1) is 17.5 Å². The monoisotopic (exact) mass is 386 g/mol. The van der Waals surface area contributed by atoms with Crippen molar-refractivity contribution in [3.8, 4) is 17.4 Å². The molecule has 0 amide bonds. The molecule has 142 valence electrons. The number of aryl methyl sites for hydroxylation is 1. The Kier molecular flexibility index (Phi) is 4.34. The number of nitrogens with zero attached hydrogens (tertiary/aromatic N) is 4. The molecule has 0 unspecified atom stereocenters. The Morgan fingerprint density at radius 3 is 2.43 bits per heavy atom. The third kappa shape index (κ3) is 3.00. The lowest BCUT2D eigenvalue weighted by Gasteiger charge is -2.16. The topological polar surface area (TPSA) is 61.9 Å². The summed E-state index contributed by atoms with van der Waals surface area (Å²) in [4.78, 5) is 20.3. The number of rotatable bonds is 4. The number of hydrogen-bond donors (Lipinski definition) is 0. The molecule has 0 N–H and O–H groups in total. The maximum Gasteiger partial charge on any atom is 0.311 e. The van der Waals surface area contributed by atoms with Crippen LogP contribution in [0.4, 0.5) is 13.2 Å². The molecule has 0 fully saturated rings. The van der Waals surface area contributed by atoms with Crippen LogP contribution in [0.25, 0.3) is 16.9 Å². The molecule has 2 aromatic heterocycles. The summed E-state index contributed by atoms with van der Waals surface area (Å²) >= 11 is 0. The van der Waals surface area contributed by atoms with Gasteiger partial charge in [-0.1, -0.05) is 0 Å². The Labute approximate surface area is 156 Å². The maximum absolute atomic E-state index is 14.1. The average Bonchev–Trinajstić information content (AvgIpc) is 3.10. The molecular weight excluding hydrogens is 373 g/mol. The van der Waals surface area contributed by atoms with Crippen LogP contribution in [0.1, 0.15) is 6.92 Å². The minimum absolute atomic E-state index is 0.0816. The molecule has 0 spiro atoms. The quantitative estimate of drug-likeness (QED) is 0.535. The van der Waals surface area contributed by atoms with Gasteiger partial charge in [0, 0.05) is 12.6 Å². The molecule has 2 heterocycles. The molecule has 0 aliphatic rings. The molecule has 9 heteroatoms. The number of benzene rings is 2. The third-order valence-corrected chi connectivity index (χ3v) is 4.13. The van der Waals surface area contributed by atoms with Crippen LogP contribution in [0.5, 0.6) is 11.8 Å². The molecule has 0 atom stereocenters. The van der Waals surface area contributed by atoms with E-state index in [-0.39, 0.29) is 17.3 Å². The molecule has 28 heavy (non-hydrogen) atoms. The molecule has 4 aromatic rings. The highest BCUT2D eigenvalue weighted by molar-refractivity contribution is 5.73. The fourth-order valence-electron chi connectivity index (χ4n) is 2.82. The van der Waals surface area contributed by atoms with Gasteiger partial charge in [0.15, 0.2) is 22.7 Å². The Bertz CT molecular complexity index is 1230. The number of aromatic nitrogens is 4. The van der Waals surface area contributed by atoms with E-state index in [4.69, 9.17) is 4.74 Å². The van der Waals surface area contributed by atoms with E-state index in [2.05, 4.69) is 9.97 Å². The van der Waals surface area contributed by atoms with Crippen molar-refractivity contribution in [2.24, 2.45) is 0 Å². The van der Waals surface area contributed by atoms with Crippen molar-refractivity contribution in [2.75, 3.05) is 0 Å². The fourth-order valence-corrected chi connectivity index (χ4v) is 2.82. The number of imidazole rings is 1. The molecule has 0 aliphatic heterocycles. The minimum Gasteiger partial charge on any atom is -0.422 e. The lowest BCUT2D eigenvalue weighted by Crippen LogP contribution is -2.17. The lowest BCUT2D eigenvalue weighted by molar-refractivity contribution is 0.397. The first-order chi connectivity index (χ1) is 13.5. The molecule has 6 nitrogen and oxygen atoms in total. The number of fused-ring (bicyclic) bond motifs is 1. The van der Waals surface area contributed by atoms with Crippen molar-refractivity contribution in [3.05, 3.63) is 76.6 Å². The van der Waals surface area contributed by atoms with Crippen molar-refractivity contribution in [1.82, 2.24) is 19.1 Å².